The highest BCUT2D eigenvalue weighted by molar-refractivity contribution is 6.13. The smallest absolute Gasteiger partial charge is 0.253 e. The van der Waals surface area contributed by atoms with Gasteiger partial charge in [0.15, 0.2) is 0 Å². The van der Waals surface area contributed by atoms with E-state index in [0.29, 0.717) is 19.6 Å². The van der Waals surface area contributed by atoms with E-state index in [1.807, 2.05) is 92.1 Å². The zero-order valence-electron chi connectivity index (χ0n) is 31.1. The van der Waals surface area contributed by atoms with Crippen LogP contribution in [0, 0.1) is 0 Å². The molecule has 0 aliphatic carbocycles. The standard InChI is InChI=1S/C19H33N3O4.C16H15NO.2C2H6/c1-18(2,11-14-26-19(3,4)10-13-21(5)6)20-15(23)9-12-22-16(24)7-8-17(22)25;1-3-13-9-10-14-7-5-6-8-15(14)11-17(12-18)16(13)4-2;2*1-2/h7-8H,9-14H2,1-6H3,(H,20,23);3-10,12H,1-2,11H2;2*1-2H3/b;10-9-,16-13-;;. The van der Waals surface area contributed by atoms with Gasteiger partial charge in [-0.25, -0.2) is 0 Å². The fraction of sp³-hybridized carbons (Fsp3) is 0.487. The van der Waals surface area contributed by atoms with Crippen LogP contribution in [0.25, 0.3) is 6.08 Å². The summed E-state index contributed by atoms with van der Waals surface area (Å²) in [6.07, 6.45) is 12.4. The minimum atomic E-state index is -0.425. The van der Waals surface area contributed by atoms with Crippen LogP contribution >= 0.6 is 0 Å². The van der Waals surface area contributed by atoms with Crippen LogP contribution < -0.4 is 5.32 Å². The van der Waals surface area contributed by atoms with Crippen molar-refractivity contribution in [1.29, 1.82) is 0 Å². The van der Waals surface area contributed by atoms with E-state index in [4.69, 9.17) is 4.74 Å². The van der Waals surface area contributed by atoms with Crippen LogP contribution in [-0.2, 0) is 30.5 Å². The lowest BCUT2D eigenvalue weighted by molar-refractivity contribution is -0.137. The number of rotatable bonds is 14. The molecule has 1 aromatic carbocycles. The molecule has 0 spiro atoms. The van der Waals surface area contributed by atoms with Crippen LogP contribution in [0.3, 0.4) is 0 Å². The Bertz CT molecular complexity index is 1290. The molecule has 3 rings (SSSR count). The molecular formula is C39H60N4O5. The Hall–Kier alpha value is -4.08. The Balaban J connectivity index is 0.000000874. The summed E-state index contributed by atoms with van der Waals surface area (Å²) in [5.41, 5.74) is 3.27. The molecule has 0 unspecified atom stereocenters. The molecule has 0 saturated heterocycles. The number of nitrogens with zero attached hydrogens (tertiary/aromatic N) is 3. The van der Waals surface area contributed by atoms with Crippen LogP contribution in [-0.4, -0.2) is 83.8 Å². The van der Waals surface area contributed by atoms with Gasteiger partial charge < -0.3 is 19.9 Å². The lowest BCUT2D eigenvalue weighted by Gasteiger charge is -2.31. The number of carbonyl (C=O) groups is 4. The summed E-state index contributed by atoms with van der Waals surface area (Å²) in [4.78, 5) is 51.2. The Morgan fingerprint density at radius 3 is 2.08 bits per heavy atom. The average molecular weight is 665 g/mol. The number of carbonyl (C=O) groups excluding carboxylic acids is 4. The second kappa shape index (κ2) is 22.5. The molecule has 4 amide bonds. The van der Waals surface area contributed by atoms with E-state index < -0.39 is 5.54 Å². The average Bonchev–Trinajstić information content (AvgIpc) is 3.37. The maximum Gasteiger partial charge on any atom is 0.253 e. The fourth-order valence-corrected chi connectivity index (χ4v) is 4.56. The molecular weight excluding hydrogens is 604 g/mol. The Morgan fingerprint density at radius 2 is 1.54 bits per heavy atom. The first kappa shape index (κ1) is 43.9. The van der Waals surface area contributed by atoms with Gasteiger partial charge in [0.25, 0.3) is 11.8 Å². The van der Waals surface area contributed by atoms with Crippen LogP contribution in [0.5, 0.6) is 0 Å². The molecule has 0 fully saturated rings. The summed E-state index contributed by atoms with van der Waals surface area (Å²) >= 11 is 0. The number of imide groups is 1. The van der Waals surface area contributed by atoms with Crippen LogP contribution in [0.1, 0.15) is 85.8 Å². The molecule has 9 heteroatoms. The third-order valence-electron chi connectivity index (χ3n) is 7.31. The van der Waals surface area contributed by atoms with Crippen molar-refractivity contribution in [2.45, 2.75) is 92.3 Å². The number of fused-ring (bicyclic) bond motifs is 1. The van der Waals surface area contributed by atoms with Gasteiger partial charge in [-0.1, -0.05) is 83.3 Å². The van der Waals surface area contributed by atoms with Gasteiger partial charge in [0.2, 0.25) is 12.3 Å². The van der Waals surface area contributed by atoms with Crippen molar-refractivity contribution >= 4 is 30.2 Å². The van der Waals surface area contributed by atoms with Gasteiger partial charge in [-0.15, -0.1) is 0 Å². The van der Waals surface area contributed by atoms with E-state index in [2.05, 4.69) is 37.2 Å². The Morgan fingerprint density at radius 1 is 0.938 bits per heavy atom. The predicted octanol–water partition coefficient (Wildman–Crippen LogP) is 6.68. The van der Waals surface area contributed by atoms with Crippen LogP contribution in [0.2, 0.25) is 0 Å². The summed E-state index contributed by atoms with van der Waals surface area (Å²) in [6.45, 7) is 25.7. The van der Waals surface area contributed by atoms with Crippen molar-refractivity contribution in [3.05, 3.63) is 90.2 Å². The van der Waals surface area contributed by atoms with Crippen molar-refractivity contribution in [2.75, 3.05) is 33.8 Å². The van der Waals surface area contributed by atoms with E-state index in [9.17, 15) is 19.2 Å². The number of hydrogen-bond donors (Lipinski definition) is 1. The highest BCUT2D eigenvalue weighted by Gasteiger charge is 2.26. The van der Waals surface area contributed by atoms with Gasteiger partial charge >= 0.3 is 0 Å². The molecule has 2 aliphatic rings. The monoisotopic (exact) mass is 664 g/mol. The van der Waals surface area contributed by atoms with Gasteiger partial charge in [0.1, 0.15) is 0 Å². The fourth-order valence-electron chi connectivity index (χ4n) is 4.56. The molecule has 0 saturated carbocycles. The van der Waals surface area contributed by atoms with Crippen molar-refractivity contribution in [1.82, 2.24) is 20.0 Å². The number of allylic oxidation sites excluding steroid dienone is 4. The zero-order chi connectivity index (χ0) is 36.9. The second-order valence-corrected chi connectivity index (χ2v) is 12.3. The highest BCUT2D eigenvalue weighted by atomic mass is 16.5. The predicted molar refractivity (Wildman–Crippen MR) is 198 cm³/mol. The van der Waals surface area contributed by atoms with Crippen molar-refractivity contribution < 1.29 is 23.9 Å². The normalized spacial score (nSPS) is 16.1. The summed E-state index contributed by atoms with van der Waals surface area (Å²) < 4.78 is 5.98. The zero-order valence-corrected chi connectivity index (χ0v) is 31.1. The molecule has 2 aliphatic heterocycles. The van der Waals surface area contributed by atoms with E-state index in [1.165, 1.54) is 12.2 Å². The van der Waals surface area contributed by atoms with Gasteiger partial charge in [0, 0.05) is 43.8 Å². The first-order valence-corrected chi connectivity index (χ1v) is 16.8. The van der Waals surface area contributed by atoms with Crippen LogP contribution in [0.15, 0.2) is 79.1 Å². The number of ether oxygens (including phenoxy) is 1. The molecule has 48 heavy (non-hydrogen) atoms. The minimum absolute atomic E-state index is 0.0950. The lowest BCUT2D eigenvalue weighted by atomic mass is 10.00. The SMILES string of the molecule is C=CC1=C(\C=C)N(C=O)Cc2ccccc2/C=C\1.CC.CC.CN(C)CCC(C)(C)OCCC(C)(C)NC(=O)CCN1C(=O)C=CC1=O. The second-order valence-electron chi connectivity index (χ2n) is 12.3. The van der Waals surface area contributed by atoms with Gasteiger partial charge in [-0.05, 0) is 77.4 Å². The molecule has 0 aromatic heterocycles. The van der Waals surface area contributed by atoms with Crippen molar-refractivity contribution in [3.63, 3.8) is 0 Å². The van der Waals surface area contributed by atoms with Gasteiger partial charge in [0.05, 0.1) is 17.8 Å². The summed E-state index contributed by atoms with van der Waals surface area (Å²) in [5, 5.41) is 2.95. The lowest BCUT2D eigenvalue weighted by Crippen LogP contribution is -2.46. The number of amides is 4. The topological polar surface area (TPSA) is 99.3 Å². The van der Waals surface area contributed by atoms with E-state index in [1.54, 1.807) is 17.1 Å². The highest BCUT2D eigenvalue weighted by Crippen LogP contribution is 2.23. The minimum Gasteiger partial charge on any atom is -0.375 e. The molecule has 0 bridgehead atoms. The molecule has 266 valence electrons. The summed E-state index contributed by atoms with van der Waals surface area (Å²) in [7, 11) is 4.07. The van der Waals surface area contributed by atoms with E-state index in [0.717, 1.165) is 46.7 Å². The number of hydrogen-bond acceptors (Lipinski definition) is 6. The molecule has 0 radical (unpaired) electrons. The van der Waals surface area contributed by atoms with E-state index >= 15 is 0 Å². The number of benzene rings is 1. The Kier molecular flexibility index (Phi) is 20.6. The first-order valence-electron chi connectivity index (χ1n) is 16.8. The quantitative estimate of drug-likeness (QED) is 0.176. The summed E-state index contributed by atoms with van der Waals surface area (Å²) in [6, 6.07) is 8.02. The van der Waals surface area contributed by atoms with E-state index in [-0.39, 0.29) is 36.3 Å². The maximum absolute atomic E-state index is 12.1. The maximum atomic E-state index is 12.1. The van der Waals surface area contributed by atoms with Crippen LogP contribution in [0.4, 0.5) is 0 Å². The molecule has 0 atom stereocenters. The molecule has 1 aromatic rings. The van der Waals surface area contributed by atoms with Gasteiger partial charge in [-0.3, -0.25) is 24.1 Å². The number of nitrogens with one attached hydrogen (secondary N) is 1. The molecule has 9 nitrogen and oxygen atoms in total. The third-order valence-corrected chi connectivity index (χ3v) is 7.31. The molecule has 2 heterocycles. The first-order chi connectivity index (χ1) is 22.7. The van der Waals surface area contributed by atoms with Crippen molar-refractivity contribution in [2.24, 2.45) is 0 Å². The third kappa shape index (κ3) is 15.7. The largest absolute Gasteiger partial charge is 0.375 e. The van der Waals surface area contributed by atoms with Crippen molar-refractivity contribution in [3.8, 4) is 0 Å². The van der Waals surface area contributed by atoms with Gasteiger partial charge in [-0.2, -0.15) is 0 Å². The molecule has 1 N–H and O–H groups in total. The summed E-state index contributed by atoms with van der Waals surface area (Å²) in [5.74, 6) is -0.916. The Labute approximate surface area is 290 Å².